The van der Waals surface area contributed by atoms with E-state index in [1.165, 1.54) is 12.8 Å². The molecule has 0 radical (unpaired) electrons. The van der Waals surface area contributed by atoms with Crippen LogP contribution in [0.1, 0.15) is 40.5 Å². The fraction of sp³-hybridized carbons (Fsp3) is 1.00. The van der Waals surface area contributed by atoms with E-state index in [1.807, 2.05) is 0 Å². The second-order valence-electron chi connectivity index (χ2n) is 5.24. The molecular weight excluding hydrogens is 132 g/mol. The summed E-state index contributed by atoms with van der Waals surface area (Å²) in [6.07, 6.45) is 2.92. The largest absolute Gasteiger partial charge is 0.0651 e. The molecule has 2 aliphatic carbocycles. The zero-order valence-electron chi connectivity index (χ0n) is 8.22. The molecule has 4 unspecified atom stereocenters. The van der Waals surface area contributed by atoms with Gasteiger partial charge in [-0.15, -0.1) is 0 Å². The Morgan fingerprint density at radius 2 is 1.91 bits per heavy atom. The van der Waals surface area contributed by atoms with Crippen molar-refractivity contribution in [2.24, 2.45) is 29.1 Å². The van der Waals surface area contributed by atoms with Crippen molar-refractivity contribution < 1.29 is 0 Å². The quantitative estimate of drug-likeness (QED) is 0.569. The Kier molecular flexibility index (Phi) is 1.41. The molecule has 0 aromatic rings. The first-order valence-electron chi connectivity index (χ1n) is 5.09. The van der Waals surface area contributed by atoms with Crippen LogP contribution in [0.15, 0.2) is 0 Å². The molecule has 2 aliphatic rings. The van der Waals surface area contributed by atoms with E-state index < -0.39 is 0 Å². The molecular formula is C11H20. The van der Waals surface area contributed by atoms with Crippen LogP contribution in [-0.4, -0.2) is 0 Å². The van der Waals surface area contributed by atoms with Gasteiger partial charge >= 0.3 is 0 Å². The minimum Gasteiger partial charge on any atom is -0.0651 e. The fourth-order valence-corrected chi connectivity index (χ4v) is 3.27. The third-order valence-electron chi connectivity index (χ3n) is 4.21. The lowest BCUT2D eigenvalue weighted by Gasteiger charge is -1.99. The summed E-state index contributed by atoms with van der Waals surface area (Å²) < 4.78 is 0. The molecule has 0 aromatic carbocycles. The second-order valence-corrected chi connectivity index (χ2v) is 5.24. The summed E-state index contributed by atoms with van der Waals surface area (Å²) in [4.78, 5) is 0. The highest BCUT2D eigenvalue weighted by Crippen LogP contribution is 2.69. The van der Waals surface area contributed by atoms with E-state index in [1.54, 1.807) is 0 Å². The van der Waals surface area contributed by atoms with E-state index in [0.717, 1.165) is 23.7 Å². The number of hydrogen-bond acceptors (Lipinski definition) is 0. The van der Waals surface area contributed by atoms with Crippen LogP contribution in [-0.2, 0) is 0 Å². The summed E-state index contributed by atoms with van der Waals surface area (Å²) in [5, 5.41) is 0. The lowest BCUT2D eigenvalue weighted by atomic mass is 10.1. The Hall–Kier alpha value is 0. The molecule has 0 saturated heterocycles. The molecule has 0 heterocycles. The molecule has 0 amide bonds. The SMILES string of the molecule is CCC1C(C2CC2C)C1(C)C. The van der Waals surface area contributed by atoms with Gasteiger partial charge in [-0.05, 0) is 35.5 Å². The van der Waals surface area contributed by atoms with E-state index in [0.29, 0.717) is 5.41 Å². The standard InChI is InChI=1S/C11H20/c1-5-9-10(11(9,3)4)8-6-7(8)2/h7-10H,5-6H2,1-4H3. The minimum atomic E-state index is 0.699. The molecule has 0 N–H and O–H groups in total. The molecule has 0 spiro atoms. The molecule has 4 atom stereocenters. The van der Waals surface area contributed by atoms with Gasteiger partial charge in [-0.25, -0.2) is 0 Å². The number of rotatable bonds is 2. The number of hydrogen-bond donors (Lipinski definition) is 0. The van der Waals surface area contributed by atoms with Crippen molar-refractivity contribution in [3.63, 3.8) is 0 Å². The zero-order chi connectivity index (χ0) is 8.22. The second kappa shape index (κ2) is 2.02. The Morgan fingerprint density at radius 3 is 2.18 bits per heavy atom. The zero-order valence-corrected chi connectivity index (χ0v) is 8.22. The Balaban J connectivity index is 1.98. The van der Waals surface area contributed by atoms with Crippen LogP contribution in [0.25, 0.3) is 0 Å². The lowest BCUT2D eigenvalue weighted by molar-refractivity contribution is 0.497. The summed E-state index contributed by atoms with van der Waals surface area (Å²) in [5.74, 6) is 4.30. The van der Waals surface area contributed by atoms with Gasteiger partial charge in [0.25, 0.3) is 0 Å². The maximum Gasteiger partial charge on any atom is -0.0289 e. The van der Waals surface area contributed by atoms with Gasteiger partial charge in [0.2, 0.25) is 0 Å². The maximum absolute atomic E-state index is 2.46. The molecule has 0 aliphatic heterocycles. The van der Waals surface area contributed by atoms with Crippen LogP contribution in [0.5, 0.6) is 0 Å². The van der Waals surface area contributed by atoms with Gasteiger partial charge in [0, 0.05) is 0 Å². The molecule has 64 valence electrons. The predicted octanol–water partition coefficient (Wildman–Crippen LogP) is 3.32. The van der Waals surface area contributed by atoms with Gasteiger partial charge in [-0.2, -0.15) is 0 Å². The van der Waals surface area contributed by atoms with Gasteiger partial charge in [0.05, 0.1) is 0 Å². The highest BCUT2D eigenvalue weighted by Gasteiger charge is 2.63. The van der Waals surface area contributed by atoms with Gasteiger partial charge in [-0.3, -0.25) is 0 Å². The summed E-state index contributed by atoms with van der Waals surface area (Å²) in [6, 6.07) is 0. The van der Waals surface area contributed by atoms with Crippen LogP contribution in [0.4, 0.5) is 0 Å². The molecule has 2 rings (SSSR count). The first-order chi connectivity index (χ1) is 5.09. The monoisotopic (exact) mass is 152 g/mol. The summed E-state index contributed by atoms with van der Waals surface area (Å²) in [5.41, 5.74) is 0.699. The van der Waals surface area contributed by atoms with Crippen LogP contribution < -0.4 is 0 Å². The van der Waals surface area contributed by atoms with Crippen molar-refractivity contribution in [3.8, 4) is 0 Å². The highest BCUT2D eigenvalue weighted by atomic mass is 14.7. The summed E-state index contributed by atoms with van der Waals surface area (Å²) in [7, 11) is 0. The van der Waals surface area contributed by atoms with Gasteiger partial charge in [0.1, 0.15) is 0 Å². The van der Waals surface area contributed by atoms with Crippen molar-refractivity contribution in [1.82, 2.24) is 0 Å². The van der Waals surface area contributed by atoms with E-state index >= 15 is 0 Å². The smallest absolute Gasteiger partial charge is 0.0289 e. The van der Waals surface area contributed by atoms with Gasteiger partial charge < -0.3 is 0 Å². The first kappa shape index (κ1) is 7.64. The average Bonchev–Trinajstić information content (AvgIpc) is 2.71. The van der Waals surface area contributed by atoms with E-state index in [2.05, 4.69) is 27.7 Å². The summed E-state index contributed by atoms with van der Waals surface area (Å²) >= 11 is 0. The molecule has 0 aromatic heterocycles. The van der Waals surface area contributed by atoms with Gasteiger partial charge in [-0.1, -0.05) is 34.1 Å². The van der Waals surface area contributed by atoms with Crippen LogP contribution >= 0.6 is 0 Å². The topological polar surface area (TPSA) is 0 Å². The third-order valence-corrected chi connectivity index (χ3v) is 4.21. The van der Waals surface area contributed by atoms with Crippen molar-refractivity contribution in [1.29, 1.82) is 0 Å². The van der Waals surface area contributed by atoms with E-state index in [4.69, 9.17) is 0 Å². The van der Waals surface area contributed by atoms with Crippen molar-refractivity contribution in [2.45, 2.75) is 40.5 Å². The van der Waals surface area contributed by atoms with Crippen LogP contribution in [0, 0.1) is 29.1 Å². The third kappa shape index (κ3) is 0.947. The maximum atomic E-state index is 2.46. The average molecular weight is 152 g/mol. The van der Waals surface area contributed by atoms with Crippen molar-refractivity contribution in [2.75, 3.05) is 0 Å². The molecule has 11 heavy (non-hydrogen) atoms. The fourth-order valence-electron chi connectivity index (χ4n) is 3.27. The predicted molar refractivity (Wildman–Crippen MR) is 48.3 cm³/mol. The Morgan fingerprint density at radius 1 is 1.36 bits per heavy atom. The van der Waals surface area contributed by atoms with Crippen molar-refractivity contribution >= 4 is 0 Å². The molecule has 0 bridgehead atoms. The molecule has 2 fully saturated rings. The Bertz CT molecular complexity index is 169. The lowest BCUT2D eigenvalue weighted by Crippen LogP contribution is -1.92. The van der Waals surface area contributed by atoms with E-state index in [-0.39, 0.29) is 0 Å². The van der Waals surface area contributed by atoms with Crippen molar-refractivity contribution in [3.05, 3.63) is 0 Å². The van der Waals surface area contributed by atoms with Crippen LogP contribution in [0.2, 0.25) is 0 Å². The summed E-state index contributed by atoms with van der Waals surface area (Å²) in [6.45, 7) is 9.67. The van der Waals surface area contributed by atoms with Gasteiger partial charge in [0.15, 0.2) is 0 Å². The Labute approximate surface area is 70.4 Å². The molecule has 0 nitrogen and oxygen atoms in total. The van der Waals surface area contributed by atoms with E-state index in [9.17, 15) is 0 Å². The first-order valence-corrected chi connectivity index (χ1v) is 5.09. The molecule has 2 saturated carbocycles. The van der Waals surface area contributed by atoms with Crippen LogP contribution in [0.3, 0.4) is 0 Å². The molecule has 0 heteroatoms. The highest BCUT2D eigenvalue weighted by molar-refractivity contribution is 5.11. The normalized spacial score (nSPS) is 52.4. The minimum absolute atomic E-state index is 0.699.